The van der Waals surface area contributed by atoms with Gasteiger partial charge in [-0.2, -0.15) is 0 Å². The first-order valence-corrected chi connectivity index (χ1v) is 9.03. The van der Waals surface area contributed by atoms with Gasteiger partial charge >= 0.3 is 0 Å². The number of aromatic nitrogens is 4. The summed E-state index contributed by atoms with van der Waals surface area (Å²) in [6, 6.07) is 11.5. The number of ether oxygens (including phenoxy) is 1. The standard InChI is InChI=1S/C21H21N5O2/c1-14(2)25-12-9-15(13-25)19-24-18(17-8-4-5-11-26(17)19)20(27)23-16-7-6-10-22-21(16)28-3/h4-14H,1-3H3,(H,23,27). The minimum absolute atomic E-state index is 0.315. The van der Waals surface area contributed by atoms with Crippen molar-refractivity contribution in [1.82, 2.24) is 18.9 Å². The number of imidazole rings is 1. The number of hydrogen-bond donors (Lipinski definition) is 1. The highest BCUT2D eigenvalue weighted by molar-refractivity contribution is 6.08. The van der Waals surface area contributed by atoms with E-state index in [2.05, 4.69) is 33.7 Å². The van der Waals surface area contributed by atoms with Crippen LogP contribution in [0.25, 0.3) is 16.9 Å². The number of rotatable bonds is 5. The molecule has 0 aromatic carbocycles. The van der Waals surface area contributed by atoms with Gasteiger partial charge in [-0.15, -0.1) is 0 Å². The summed E-state index contributed by atoms with van der Waals surface area (Å²) in [5.74, 6) is 0.761. The highest BCUT2D eigenvalue weighted by Crippen LogP contribution is 2.26. The van der Waals surface area contributed by atoms with Gasteiger partial charge in [0.15, 0.2) is 5.69 Å². The molecule has 4 heterocycles. The fourth-order valence-corrected chi connectivity index (χ4v) is 3.11. The highest BCUT2D eigenvalue weighted by Gasteiger charge is 2.20. The third kappa shape index (κ3) is 3.11. The summed E-state index contributed by atoms with van der Waals surface area (Å²) in [6.07, 6.45) is 7.58. The van der Waals surface area contributed by atoms with Crippen LogP contribution in [-0.2, 0) is 0 Å². The first-order valence-electron chi connectivity index (χ1n) is 9.03. The lowest BCUT2D eigenvalue weighted by molar-refractivity contribution is 0.102. The van der Waals surface area contributed by atoms with Crippen molar-refractivity contribution in [2.45, 2.75) is 19.9 Å². The molecular weight excluding hydrogens is 354 g/mol. The lowest BCUT2D eigenvalue weighted by atomic mass is 10.3. The van der Waals surface area contributed by atoms with Crippen molar-refractivity contribution >= 4 is 17.1 Å². The van der Waals surface area contributed by atoms with Crippen molar-refractivity contribution in [3.05, 3.63) is 66.9 Å². The van der Waals surface area contributed by atoms with Crippen LogP contribution in [0.1, 0.15) is 30.4 Å². The molecule has 0 radical (unpaired) electrons. The minimum Gasteiger partial charge on any atom is -0.480 e. The predicted octanol–water partition coefficient (Wildman–Crippen LogP) is 4.04. The molecule has 0 unspecified atom stereocenters. The van der Waals surface area contributed by atoms with E-state index in [1.54, 1.807) is 18.3 Å². The van der Waals surface area contributed by atoms with Gasteiger partial charge < -0.3 is 14.6 Å². The SMILES string of the molecule is COc1ncccc1NC(=O)c1nc(-c2ccn(C(C)C)c2)n2ccccc12. The average Bonchev–Trinajstić information content (AvgIpc) is 3.33. The van der Waals surface area contributed by atoms with Gasteiger partial charge in [0.1, 0.15) is 11.5 Å². The maximum Gasteiger partial charge on any atom is 0.276 e. The Morgan fingerprint density at radius 1 is 1.14 bits per heavy atom. The second kappa shape index (κ2) is 7.19. The summed E-state index contributed by atoms with van der Waals surface area (Å²) in [5.41, 5.74) is 2.53. The minimum atomic E-state index is -0.315. The predicted molar refractivity (Wildman–Crippen MR) is 108 cm³/mol. The van der Waals surface area contributed by atoms with Crippen molar-refractivity contribution < 1.29 is 9.53 Å². The Balaban J connectivity index is 1.76. The largest absolute Gasteiger partial charge is 0.480 e. The second-order valence-corrected chi connectivity index (χ2v) is 6.70. The molecule has 7 nitrogen and oxygen atoms in total. The molecule has 7 heteroatoms. The van der Waals surface area contributed by atoms with E-state index < -0.39 is 0 Å². The number of methoxy groups -OCH3 is 1. The summed E-state index contributed by atoms with van der Waals surface area (Å²) >= 11 is 0. The molecule has 0 spiro atoms. The summed E-state index contributed by atoms with van der Waals surface area (Å²) in [5, 5.41) is 2.85. The monoisotopic (exact) mass is 375 g/mol. The van der Waals surface area contributed by atoms with E-state index in [-0.39, 0.29) is 5.91 Å². The van der Waals surface area contributed by atoms with E-state index >= 15 is 0 Å². The maximum atomic E-state index is 13.0. The van der Waals surface area contributed by atoms with Crippen molar-refractivity contribution in [2.24, 2.45) is 0 Å². The van der Waals surface area contributed by atoms with Gasteiger partial charge in [-0.05, 0) is 44.2 Å². The van der Waals surface area contributed by atoms with Gasteiger partial charge in [-0.25, -0.2) is 9.97 Å². The summed E-state index contributed by atoms with van der Waals surface area (Å²) < 4.78 is 9.25. The second-order valence-electron chi connectivity index (χ2n) is 6.70. The summed E-state index contributed by atoms with van der Waals surface area (Å²) in [7, 11) is 1.52. The van der Waals surface area contributed by atoms with Crippen LogP contribution < -0.4 is 10.1 Å². The Morgan fingerprint density at radius 3 is 2.75 bits per heavy atom. The van der Waals surface area contributed by atoms with Gasteiger partial charge in [-0.3, -0.25) is 9.20 Å². The number of carbonyl (C=O) groups is 1. The molecular formula is C21H21N5O2. The third-order valence-corrected chi connectivity index (χ3v) is 4.55. The van der Waals surface area contributed by atoms with Gasteiger partial charge in [0.25, 0.3) is 5.91 Å². The van der Waals surface area contributed by atoms with Crippen molar-refractivity contribution in [2.75, 3.05) is 12.4 Å². The number of nitrogens with zero attached hydrogens (tertiary/aromatic N) is 4. The van der Waals surface area contributed by atoms with E-state index in [1.165, 1.54) is 7.11 Å². The van der Waals surface area contributed by atoms with E-state index in [4.69, 9.17) is 4.74 Å². The number of anilines is 1. The number of nitrogens with one attached hydrogen (secondary N) is 1. The van der Waals surface area contributed by atoms with Crippen LogP contribution >= 0.6 is 0 Å². The van der Waals surface area contributed by atoms with Crippen LogP contribution in [0.15, 0.2) is 61.2 Å². The summed E-state index contributed by atoms with van der Waals surface area (Å²) in [6.45, 7) is 4.24. The topological polar surface area (TPSA) is 73.4 Å². The Labute approximate surface area is 162 Å². The normalized spacial score (nSPS) is 11.1. The molecule has 0 aliphatic rings. The van der Waals surface area contributed by atoms with Gasteiger partial charge in [-0.1, -0.05) is 6.07 Å². The van der Waals surface area contributed by atoms with Gasteiger partial charge in [0.2, 0.25) is 5.88 Å². The number of hydrogen-bond acceptors (Lipinski definition) is 4. The molecule has 0 saturated heterocycles. The molecule has 1 N–H and O–H groups in total. The molecule has 142 valence electrons. The molecule has 0 fully saturated rings. The van der Waals surface area contributed by atoms with Crippen LogP contribution in [-0.4, -0.2) is 32.0 Å². The van der Waals surface area contributed by atoms with Crippen molar-refractivity contribution in [3.8, 4) is 17.3 Å². The average molecular weight is 375 g/mol. The molecule has 4 aromatic heterocycles. The van der Waals surface area contributed by atoms with Gasteiger partial charge in [0, 0.05) is 36.4 Å². The van der Waals surface area contributed by atoms with E-state index in [9.17, 15) is 4.79 Å². The molecule has 0 bridgehead atoms. The molecule has 0 aliphatic heterocycles. The van der Waals surface area contributed by atoms with Crippen LogP contribution in [0.2, 0.25) is 0 Å². The third-order valence-electron chi connectivity index (χ3n) is 4.55. The zero-order chi connectivity index (χ0) is 19.7. The zero-order valence-corrected chi connectivity index (χ0v) is 16.0. The van der Waals surface area contributed by atoms with E-state index in [1.807, 2.05) is 47.3 Å². The number of fused-ring (bicyclic) bond motifs is 1. The Kier molecular flexibility index (Phi) is 4.57. The molecule has 4 aromatic rings. The quantitative estimate of drug-likeness (QED) is 0.571. The van der Waals surface area contributed by atoms with Crippen molar-refractivity contribution in [3.63, 3.8) is 0 Å². The molecule has 0 atom stereocenters. The number of amides is 1. The Morgan fingerprint density at radius 2 is 2.00 bits per heavy atom. The number of carbonyl (C=O) groups excluding carboxylic acids is 1. The maximum absolute atomic E-state index is 13.0. The first kappa shape index (κ1) is 17.8. The van der Waals surface area contributed by atoms with Crippen LogP contribution in [0.5, 0.6) is 5.88 Å². The molecule has 4 rings (SSSR count). The Bertz CT molecular complexity index is 1140. The van der Waals surface area contributed by atoms with Crippen LogP contribution in [0.4, 0.5) is 5.69 Å². The van der Waals surface area contributed by atoms with E-state index in [0.717, 1.165) is 16.9 Å². The zero-order valence-electron chi connectivity index (χ0n) is 16.0. The lowest BCUT2D eigenvalue weighted by Crippen LogP contribution is -2.14. The smallest absolute Gasteiger partial charge is 0.276 e. The molecule has 1 amide bonds. The fourth-order valence-electron chi connectivity index (χ4n) is 3.11. The Hall–Kier alpha value is -3.61. The van der Waals surface area contributed by atoms with Crippen molar-refractivity contribution in [1.29, 1.82) is 0 Å². The lowest BCUT2D eigenvalue weighted by Gasteiger charge is -2.07. The molecule has 28 heavy (non-hydrogen) atoms. The molecule has 0 saturated carbocycles. The summed E-state index contributed by atoms with van der Waals surface area (Å²) in [4.78, 5) is 21.8. The molecule has 0 aliphatic carbocycles. The highest BCUT2D eigenvalue weighted by atomic mass is 16.5. The van der Waals surface area contributed by atoms with Crippen LogP contribution in [0, 0.1) is 0 Å². The van der Waals surface area contributed by atoms with Gasteiger partial charge in [0.05, 0.1) is 12.6 Å². The fraction of sp³-hybridized carbons (Fsp3) is 0.190. The first-order chi connectivity index (χ1) is 13.6. The van der Waals surface area contributed by atoms with E-state index in [0.29, 0.717) is 23.3 Å². The number of pyridine rings is 2. The van der Waals surface area contributed by atoms with Crippen LogP contribution in [0.3, 0.4) is 0 Å².